The monoisotopic (exact) mass is 317 g/mol. The SMILES string of the molecule is CCNC(Cc1ccc(C)cc1)c1cc2c(s1)CCSC2. The summed E-state index contributed by atoms with van der Waals surface area (Å²) in [6.07, 6.45) is 2.34. The molecule has 1 aromatic carbocycles. The van der Waals surface area contributed by atoms with Gasteiger partial charge in [0.1, 0.15) is 0 Å². The topological polar surface area (TPSA) is 12.0 Å². The van der Waals surface area contributed by atoms with Crippen LogP contribution in [0.5, 0.6) is 0 Å². The minimum atomic E-state index is 0.457. The lowest BCUT2D eigenvalue weighted by Gasteiger charge is -2.16. The van der Waals surface area contributed by atoms with Crippen LogP contribution in [0.4, 0.5) is 0 Å². The molecule has 1 unspecified atom stereocenters. The van der Waals surface area contributed by atoms with Gasteiger partial charge in [-0.15, -0.1) is 11.3 Å². The van der Waals surface area contributed by atoms with Gasteiger partial charge in [-0.05, 0) is 49.3 Å². The van der Waals surface area contributed by atoms with E-state index < -0.39 is 0 Å². The van der Waals surface area contributed by atoms with Crippen LogP contribution in [0.15, 0.2) is 30.3 Å². The zero-order chi connectivity index (χ0) is 14.7. The Morgan fingerprint density at radius 1 is 1.24 bits per heavy atom. The fourth-order valence-electron chi connectivity index (χ4n) is 2.82. The van der Waals surface area contributed by atoms with Crippen molar-refractivity contribution in [3.63, 3.8) is 0 Å². The van der Waals surface area contributed by atoms with Crippen LogP contribution >= 0.6 is 23.1 Å². The molecule has 0 bridgehead atoms. The van der Waals surface area contributed by atoms with Gasteiger partial charge in [-0.2, -0.15) is 11.8 Å². The van der Waals surface area contributed by atoms with Gasteiger partial charge >= 0.3 is 0 Å². The second-order valence-electron chi connectivity index (χ2n) is 5.70. The summed E-state index contributed by atoms with van der Waals surface area (Å²) in [6.45, 7) is 5.37. The smallest absolute Gasteiger partial charge is 0.0455 e. The molecule has 1 aliphatic heterocycles. The summed E-state index contributed by atoms with van der Waals surface area (Å²) in [6, 6.07) is 11.9. The summed E-state index contributed by atoms with van der Waals surface area (Å²) >= 11 is 4.10. The van der Waals surface area contributed by atoms with Crippen LogP contribution < -0.4 is 5.32 Å². The molecular weight excluding hydrogens is 294 g/mol. The highest BCUT2D eigenvalue weighted by molar-refractivity contribution is 7.98. The van der Waals surface area contributed by atoms with Crippen LogP contribution in [-0.2, 0) is 18.6 Å². The van der Waals surface area contributed by atoms with E-state index >= 15 is 0 Å². The number of rotatable bonds is 5. The third kappa shape index (κ3) is 3.71. The molecule has 0 radical (unpaired) electrons. The molecule has 2 aromatic rings. The largest absolute Gasteiger partial charge is 0.309 e. The molecule has 1 aromatic heterocycles. The first-order valence-corrected chi connectivity index (χ1v) is 9.71. The highest BCUT2D eigenvalue weighted by Gasteiger charge is 2.19. The van der Waals surface area contributed by atoms with Crippen molar-refractivity contribution in [1.82, 2.24) is 5.32 Å². The Bertz CT molecular complexity index is 562. The maximum atomic E-state index is 3.67. The van der Waals surface area contributed by atoms with Crippen molar-refractivity contribution < 1.29 is 0 Å². The second-order valence-corrected chi connectivity index (χ2v) is 7.97. The normalized spacial score (nSPS) is 15.7. The van der Waals surface area contributed by atoms with Crippen molar-refractivity contribution in [2.45, 2.75) is 38.5 Å². The number of thiophene rings is 1. The minimum absolute atomic E-state index is 0.457. The molecule has 2 heterocycles. The minimum Gasteiger partial charge on any atom is -0.309 e. The summed E-state index contributed by atoms with van der Waals surface area (Å²) in [5, 5.41) is 3.67. The van der Waals surface area contributed by atoms with Gasteiger partial charge < -0.3 is 5.32 Å². The summed E-state index contributed by atoms with van der Waals surface area (Å²) in [4.78, 5) is 3.14. The predicted octanol–water partition coefficient (Wildman–Crippen LogP) is 4.74. The third-order valence-electron chi connectivity index (χ3n) is 4.00. The molecule has 3 heteroatoms. The Hall–Kier alpha value is -0.770. The van der Waals surface area contributed by atoms with Gasteiger partial charge in [0.15, 0.2) is 0 Å². The average molecular weight is 318 g/mol. The number of likely N-dealkylation sites (N-methyl/N-ethyl adjacent to an activating group) is 1. The summed E-state index contributed by atoms with van der Waals surface area (Å²) in [7, 11) is 0. The predicted molar refractivity (Wildman–Crippen MR) is 95.5 cm³/mol. The Balaban J connectivity index is 1.80. The van der Waals surface area contributed by atoms with E-state index in [1.165, 1.54) is 33.9 Å². The first-order valence-electron chi connectivity index (χ1n) is 7.74. The van der Waals surface area contributed by atoms with E-state index in [2.05, 4.69) is 61.3 Å². The van der Waals surface area contributed by atoms with Crippen molar-refractivity contribution in [3.8, 4) is 0 Å². The third-order valence-corrected chi connectivity index (χ3v) is 6.36. The van der Waals surface area contributed by atoms with Crippen LogP contribution in [0, 0.1) is 6.92 Å². The van der Waals surface area contributed by atoms with Crippen LogP contribution in [0.25, 0.3) is 0 Å². The number of fused-ring (bicyclic) bond motifs is 1. The molecule has 1 atom stereocenters. The number of nitrogens with one attached hydrogen (secondary N) is 1. The van der Waals surface area contributed by atoms with E-state index in [4.69, 9.17) is 0 Å². The van der Waals surface area contributed by atoms with Crippen molar-refractivity contribution in [1.29, 1.82) is 0 Å². The van der Waals surface area contributed by atoms with Crippen LogP contribution in [-0.4, -0.2) is 12.3 Å². The first kappa shape index (κ1) is 15.1. The lowest BCUT2D eigenvalue weighted by molar-refractivity contribution is 0.558. The molecule has 21 heavy (non-hydrogen) atoms. The molecule has 0 spiro atoms. The molecule has 1 N–H and O–H groups in total. The maximum absolute atomic E-state index is 3.67. The van der Waals surface area contributed by atoms with Crippen LogP contribution in [0.3, 0.4) is 0 Å². The fraction of sp³-hybridized carbons (Fsp3) is 0.444. The van der Waals surface area contributed by atoms with Gasteiger partial charge in [-0.1, -0.05) is 36.8 Å². The summed E-state index contributed by atoms with van der Waals surface area (Å²) in [5.41, 5.74) is 4.34. The molecule has 0 aliphatic carbocycles. The van der Waals surface area contributed by atoms with Gasteiger partial charge in [-0.25, -0.2) is 0 Å². The molecule has 112 valence electrons. The molecule has 0 saturated heterocycles. The Labute approximate surface area is 136 Å². The van der Waals surface area contributed by atoms with Gasteiger partial charge in [-0.3, -0.25) is 0 Å². The Morgan fingerprint density at radius 3 is 2.76 bits per heavy atom. The summed E-state index contributed by atoms with van der Waals surface area (Å²) < 4.78 is 0. The zero-order valence-electron chi connectivity index (χ0n) is 12.8. The van der Waals surface area contributed by atoms with E-state index in [1.54, 1.807) is 10.4 Å². The van der Waals surface area contributed by atoms with Gasteiger partial charge in [0.05, 0.1) is 0 Å². The highest BCUT2D eigenvalue weighted by atomic mass is 32.2. The molecule has 1 aliphatic rings. The standard InChI is InChI=1S/C18H23NS2/c1-3-19-16(10-14-6-4-13(2)5-7-14)18-11-15-12-20-9-8-17(15)21-18/h4-7,11,16,19H,3,8-10,12H2,1-2H3. The molecule has 3 rings (SSSR count). The number of hydrogen-bond donors (Lipinski definition) is 1. The quantitative estimate of drug-likeness (QED) is 0.855. The van der Waals surface area contributed by atoms with Crippen molar-refractivity contribution in [2.75, 3.05) is 12.3 Å². The van der Waals surface area contributed by atoms with Crippen molar-refractivity contribution in [2.24, 2.45) is 0 Å². The van der Waals surface area contributed by atoms with E-state index in [0.29, 0.717) is 6.04 Å². The highest BCUT2D eigenvalue weighted by Crippen LogP contribution is 2.35. The zero-order valence-corrected chi connectivity index (χ0v) is 14.4. The Kier molecular flexibility index (Phi) is 5.04. The molecular formula is C18H23NS2. The van der Waals surface area contributed by atoms with E-state index in [9.17, 15) is 0 Å². The molecule has 0 amide bonds. The molecule has 1 nitrogen and oxygen atoms in total. The lowest BCUT2D eigenvalue weighted by Crippen LogP contribution is -2.22. The maximum Gasteiger partial charge on any atom is 0.0455 e. The summed E-state index contributed by atoms with van der Waals surface area (Å²) in [5.74, 6) is 2.49. The van der Waals surface area contributed by atoms with Gasteiger partial charge in [0, 0.05) is 21.5 Å². The van der Waals surface area contributed by atoms with E-state index in [-0.39, 0.29) is 0 Å². The van der Waals surface area contributed by atoms with Crippen LogP contribution in [0.2, 0.25) is 0 Å². The average Bonchev–Trinajstić information content (AvgIpc) is 2.93. The molecule has 0 fully saturated rings. The molecule has 0 saturated carbocycles. The van der Waals surface area contributed by atoms with E-state index in [1.807, 2.05) is 11.3 Å². The first-order chi connectivity index (χ1) is 10.3. The van der Waals surface area contributed by atoms with Crippen molar-refractivity contribution >= 4 is 23.1 Å². The van der Waals surface area contributed by atoms with Gasteiger partial charge in [0.2, 0.25) is 0 Å². The number of hydrogen-bond acceptors (Lipinski definition) is 3. The number of aryl methyl sites for hydroxylation is 2. The van der Waals surface area contributed by atoms with E-state index in [0.717, 1.165) is 13.0 Å². The van der Waals surface area contributed by atoms with Gasteiger partial charge in [0.25, 0.3) is 0 Å². The fourth-order valence-corrected chi connectivity index (χ4v) is 5.27. The number of thioether (sulfide) groups is 1. The second kappa shape index (κ2) is 6.99. The Morgan fingerprint density at radius 2 is 2.05 bits per heavy atom. The lowest BCUT2D eigenvalue weighted by atomic mass is 10.0. The van der Waals surface area contributed by atoms with Crippen molar-refractivity contribution in [3.05, 3.63) is 56.8 Å². The number of benzene rings is 1. The van der Waals surface area contributed by atoms with Crippen LogP contribution in [0.1, 0.15) is 39.4 Å².